The number of hydrogen-bond donors (Lipinski definition) is 3. The van der Waals surface area contributed by atoms with Crippen LogP contribution in [0.25, 0.3) is 0 Å². The molecule has 0 aromatic carbocycles. The van der Waals surface area contributed by atoms with Crippen molar-refractivity contribution in [2.75, 3.05) is 26.8 Å². The van der Waals surface area contributed by atoms with E-state index < -0.39 is 0 Å². The van der Waals surface area contributed by atoms with Crippen molar-refractivity contribution < 1.29 is 14.3 Å². The van der Waals surface area contributed by atoms with Crippen LogP contribution >= 0.6 is 12.6 Å². The normalized spacial score (nSPS) is 12.3. The van der Waals surface area contributed by atoms with Gasteiger partial charge in [0.2, 0.25) is 11.8 Å². The summed E-state index contributed by atoms with van der Waals surface area (Å²) in [6, 6.07) is 0. The third-order valence-electron chi connectivity index (χ3n) is 2.18. The number of nitrogens with one attached hydrogen (secondary N) is 2. The highest BCUT2D eigenvalue weighted by Crippen LogP contribution is 2.08. The van der Waals surface area contributed by atoms with Gasteiger partial charge >= 0.3 is 0 Å². The number of rotatable bonds is 8. The quantitative estimate of drug-likeness (QED) is 0.433. The number of carbonyl (C=O) groups is 2. The molecule has 0 aliphatic heterocycles. The van der Waals surface area contributed by atoms with Crippen molar-refractivity contribution in [1.29, 1.82) is 0 Å². The third kappa shape index (κ3) is 8.04. The Bertz CT molecular complexity index is 247. The van der Waals surface area contributed by atoms with Gasteiger partial charge in [0.25, 0.3) is 0 Å². The van der Waals surface area contributed by atoms with Crippen LogP contribution in [0, 0.1) is 5.92 Å². The highest BCUT2D eigenvalue weighted by atomic mass is 32.1. The largest absolute Gasteiger partial charge is 0.383 e. The summed E-state index contributed by atoms with van der Waals surface area (Å²) in [6.07, 6.45) is 0.272. The van der Waals surface area contributed by atoms with Crippen molar-refractivity contribution in [3.63, 3.8) is 0 Å². The van der Waals surface area contributed by atoms with Crippen molar-refractivity contribution in [3.8, 4) is 0 Å². The zero-order valence-electron chi connectivity index (χ0n) is 10.7. The summed E-state index contributed by atoms with van der Waals surface area (Å²) in [5.74, 6) is -0.0514. The van der Waals surface area contributed by atoms with Crippen LogP contribution in [0.5, 0.6) is 0 Å². The fraction of sp³-hybridized carbons (Fsp3) is 0.818. The van der Waals surface area contributed by atoms with E-state index >= 15 is 0 Å². The molecule has 0 aromatic heterocycles. The van der Waals surface area contributed by atoms with Gasteiger partial charge in [0.05, 0.1) is 11.9 Å². The monoisotopic (exact) mass is 262 g/mol. The highest BCUT2D eigenvalue weighted by molar-refractivity contribution is 7.81. The molecule has 0 spiro atoms. The zero-order chi connectivity index (χ0) is 13.3. The molecule has 0 rings (SSSR count). The molecule has 0 bridgehead atoms. The van der Waals surface area contributed by atoms with Gasteiger partial charge in [-0.15, -0.1) is 0 Å². The maximum atomic E-state index is 11.5. The minimum atomic E-state index is -0.327. The van der Waals surface area contributed by atoms with Crippen molar-refractivity contribution >= 4 is 24.4 Å². The molecule has 0 heterocycles. The highest BCUT2D eigenvalue weighted by Gasteiger charge is 2.17. The first-order valence-corrected chi connectivity index (χ1v) is 6.22. The summed E-state index contributed by atoms with van der Waals surface area (Å²) in [5, 5.41) is 5.03. The molecule has 5 nitrogen and oxygen atoms in total. The molecule has 6 heteroatoms. The Balaban J connectivity index is 3.62. The van der Waals surface area contributed by atoms with Crippen LogP contribution in [-0.2, 0) is 14.3 Å². The fourth-order valence-electron chi connectivity index (χ4n) is 1.09. The van der Waals surface area contributed by atoms with E-state index in [-0.39, 0.29) is 29.4 Å². The number of hydrogen-bond acceptors (Lipinski definition) is 4. The molecule has 2 amide bonds. The zero-order valence-corrected chi connectivity index (χ0v) is 11.5. The molecule has 0 radical (unpaired) electrons. The Labute approximate surface area is 108 Å². The minimum Gasteiger partial charge on any atom is -0.383 e. The smallest absolute Gasteiger partial charge is 0.233 e. The predicted molar refractivity (Wildman–Crippen MR) is 70.1 cm³/mol. The van der Waals surface area contributed by atoms with Crippen molar-refractivity contribution in [1.82, 2.24) is 10.6 Å². The van der Waals surface area contributed by atoms with E-state index in [1.54, 1.807) is 7.11 Å². The van der Waals surface area contributed by atoms with Gasteiger partial charge in [0.15, 0.2) is 0 Å². The Morgan fingerprint density at radius 2 is 1.88 bits per heavy atom. The van der Waals surface area contributed by atoms with E-state index in [1.165, 1.54) is 0 Å². The molecule has 1 atom stereocenters. The lowest BCUT2D eigenvalue weighted by molar-refractivity contribution is -0.122. The summed E-state index contributed by atoms with van der Waals surface area (Å²) in [7, 11) is 1.57. The lowest BCUT2D eigenvalue weighted by atomic mass is 10.1. The molecular weight excluding hydrogens is 240 g/mol. The first-order chi connectivity index (χ1) is 7.99. The van der Waals surface area contributed by atoms with Crippen LogP contribution in [0.2, 0.25) is 0 Å². The molecule has 0 saturated heterocycles. The SMILES string of the molecule is COCCNC(=O)CCNC(=O)C(S)C(C)C. The fourth-order valence-corrected chi connectivity index (χ4v) is 1.18. The average Bonchev–Trinajstić information content (AvgIpc) is 2.28. The molecule has 0 saturated carbocycles. The van der Waals surface area contributed by atoms with E-state index in [0.717, 1.165) is 0 Å². The molecule has 17 heavy (non-hydrogen) atoms. The first-order valence-electron chi connectivity index (χ1n) is 5.70. The Kier molecular flexibility index (Phi) is 8.89. The maximum Gasteiger partial charge on any atom is 0.233 e. The standard InChI is InChI=1S/C11H22N2O3S/c1-8(2)10(17)11(15)13-5-4-9(14)12-6-7-16-3/h8,10,17H,4-7H2,1-3H3,(H,12,14)(H,13,15). The Morgan fingerprint density at radius 1 is 1.24 bits per heavy atom. The molecule has 0 fully saturated rings. The molecule has 0 aromatic rings. The summed E-state index contributed by atoms with van der Waals surface area (Å²) in [5.41, 5.74) is 0. The topological polar surface area (TPSA) is 67.4 Å². The Morgan fingerprint density at radius 3 is 2.41 bits per heavy atom. The second-order valence-corrected chi connectivity index (χ2v) is 4.63. The van der Waals surface area contributed by atoms with Gasteiger partial charge in [0.1, 0.15) is 0 Å². The lowest BCUT2D eigenvalue weighted by Crippen LogP contribution is -2.37. The van der Waals surface area contributed by atoms with Crippen LogP contribution in [0.3, 0.4) is 0 Å². The van der Waals surface area contributed by atoms with Gasteiger partial charge < -0.3 is 15.4 Å². The number of methoxy groups -OCH3 is 1. The van der Waals surface area contributed by atoms with E-state index in [2.05, 4.69) is 23.3 Å². The van der Waals surface area contributed by atoms with Gasteiger partial charge in [-0.25, -0.2) is 0 Å². The number of thiol groups is 1. The Hall–Kier alpha value is -0.750. The van der Waals surface area contributed by atoms with E-state index in [9.17, 15) is 9.59 Å². The summed E-state index contributed by atoms with van der Waals surface area (Å²) < 4.78 is 4.80. The molecule has 0 aliphatic rings. The second-order valence-electron chi connectivity index (χ2n) is 4.07. The molecule has 100 valence electrons. The average molecular weight is 262 g/mol. The van der Waals surface area contributed by atoms with Crippen molar-refractivity contribution in [2.45, 2.75) is 25.5 Å². The van der Waals surface area contributed by atoms with Gasteiger partial charge in [-0.1, -0.05) is 13.8 Å². The van der Waals surface area contributed by atoms with E-state index in [1.807, 2.05) is 13.8 Å². The third-order valence-corrected chi connectivity index (χ3v) is 3.01. The second kappa shape index (κ2) is 9.30. The van der Waals surface area contributed by atoms with Crippen LogP contribution in [-0.4, -0.2) is 43.9 Å². The van der Waals surface area contributed by atoms with Crippen LogP contribution in [0.15, 0.2) is 0 Å². The summed E-state index contributed by atoms with van der Waals surface area (Å²) in [6.45, 7) is 5.17. The van der Waals surface area contributed by atoms with Crippen molar-refractivity contribution in [2.24, 2.45) is 5.92 Å². The first kappa shape index (κ1) is 16.2. The number of amides is 2. The van der Waals surface area contributed by atoms with Crippen LogP contribution in [0.1, 0.15) is 20.3 Å². The van der Waals surface area contributed by atoms with Gasteiger partial charge in [0, 0.05) is 26.6 Å². The molecule has 0 aliphatic carbocycles. The molecule has 1 unspecified atom stereocenters. The predicted octanol–water partition coefficient (Wildman–Crippen LogP) is 0.210. The molecule has 2 N–H and O–H groups in total. The number of carbonyl (C=O) groups excluding carboxylic acids is 2. The lowest BCUT2D eigenvalue weighted by Gasteiger charge is -2.14. The van der Waals surface area contributed by atoms with E-state index in [0.29, 0.717) is 19.7 Å². The van der Waals surface area contributed by atoms with Gasteiger partial charge in [-0.05, 0) is 5.92 Å². The van der Waals surface area contributed by atoms with E-state index in [4.69, 9.17) is 4.74 Å². The maximum absolute atomic E-state index is 11.5. The summed E-state index contributed by atoms with van der Waals surface area (Å²) >= 11 is 4.18. The van der Waals surface area contributed by atoms with Crippen molar-refractivity contribution in [3.05, 3.63) is 0 Å². The summed E-state index contributed by atoms with van der Waals surface area (Å²) in [4.78, 5) is 22.8. The minimum absolute atomic E-state index is 0.0948. The van der Waals surface area contributed by atoms with Crippen LogP contribution in [0.4, 0.5) is 0 Å². The van der Waals surface area contributed by atoms with Gasteiger partial charge in [-0.3, -0.25) is 9.59 Å². The molecular formula is C11H22N2O3S. The van der Waals surface area contributed by atoms with Crippen LogP contribution < -0.4 is 10.6 Å². The van der Waals surface area contributed by atoms with Gasteiger partial charge in [-0.2, -0.15) is 12.6 Å². The number of ether oxygens (including phenoxy) is 1.